The summed E-state index contributed by atoms with van der Waals surface area (Å²) >= 11 is 1.26. The van der Waals surface area contributed by atoms with E-state index in [4.69, 9.17) is 0 Å². The molecular formula is C30H31N3O2S. The van der Waals surface area contributed by atoms with Gasteiger partial charge in [0, 0.05) is 5.69 Å². The van der Waals surface area contributed by atoms with Gasteiger partial charge >= 0.3 is 0 Å². The molecule has 0 bridgehead atoms. The van der Waals surface area contributed by atoms with Crippen molar-refractivity contribution in [2.24, 2.45) is 4.99 Å². The van der Waals surface area contributed by atoms with Gasteiger partial charge < -0.3 is 5.32 Å². The van der Waals surface area contributed by atoms with E-state index in [0.717, 1.165) is 33.6 Å². The molecule has 0 unspecified atom stereocenters. The van der Waals surface area contributed by atoms with Gasteiger partial charge in [-0.1, -0.05) is 79.7 Å². The van der Waals surface area contributed by atoms with Crippen LogP contribution in [0.1, 0.15) is 47.6 Å². The minimum absolute atomic E-state index is 0.137. The fourth-order valence-corrected chi connectivity index (χ4v) is 4.67. The van der Waals surface area contributed by atoms with Crippen molar-refractivity contribution in [2.45, 2.75) is 40.5 Å². The smallest absolute Gasteiger partial charge is 0.283 e. The monoisotopic (exact) mass is 497 g/mol. The molecule has 0 spiro atoms. The van der Waals surface area contributed by atoms with Gasteiger partial charge in [0.1, 0.15) is 5.70 Å². The van der Waals surface area contributed by atoms with Crippen LogP contribution in [0.4, 0.5) is 11.4 Å². The van der Waals surface area contributed by atoms with Gasteiger partial charge in [-0.2, -0.15) is 0 Å². The molecule has 1 heterocycles. The van der Waals surface area contributed by atoms with Crippen LogP contribution >= 0.6 is 11.8 Å². The second-order valence-corrected chi connectivity index (χ2v) is 10.2. The van der Waals surface area contributed by atoms with Gasteiger partial charge in [-0.25, -0.2) is 4.99 Å². The van der Waals surface area contributed by atoms with E-state index in [1.807, 2.05) is 75.4 Å². The Morgan fingerprint density at radius 3 is 2.36 bits per heavy atom. The second-order valence-electron chi connectivity index (χ2n) is 9.31. The van der Waals surface area contributed by atoms with Crippen LogP contribution in [0.3, 0.4) is 0 Å². The summed E-state index contributed by atoms with van der Waals surface area (Å²) in [4.78, 5) is 32.4. The van der Waals surface area contributed by atoms with Crippen LogP contribution in [0.2, 0.25) is 0 Å². The van der Waals surface area contributed by atoms with Crippen molar-refractivity contribution in [3.05, 3.63) is 100 Å². The van der Waals surface area contributed by atoms with Gasteiger partial charge in [0.15, 0.2) is 5.17 Å². The summed E-state index contributed by atoms with van der Waals surface area (Å²) in [7, 11) is 0. The Hall–Kier alpha value is -3.64. The van der Waals surface area contributed by atoms with Gasteiger partial charge in [0.25, 0.3) is 5.91 Å². The lowest BCUT2D eigenvalue weighted by Crippen LogP contribution is -2.31. The van der Waals surface area contributed by atoms with Crippen molar-refractivity contribution in [3.63, 3.8) is 0 Å². The molecule has 0 saturated carbocycles. The standard InChI is InChI=1S/C30H31N3O2S/c1-19(2)24-13-11-23(12-14-24)17-27-29(35)33(25-15-9-20(3)10-16-25)30(32-27)36-18-28(34)31-26-8-6-7-21(4)22(26)5/h6-17,19H,18H2,1-5H3,(H,31,34). The maximum Gasteiger partial charge on any atom is 0.283 e. The maximum atomic E-state index is 13.4. The molecule has 5 nitrogen and oxygen atoms in total. The second kappa shape index (κ2) is 11.0. The fourth-order valence-electron chi connectivity index (χ4n) is 3.85. The lowest BCUT2D eigenvalue weighted by Gasteiger charge is -2.18. The number of carbonyl (C=O) groups is 2. The van der Waals surface area contributed by atoms with Crippen LogP contribution in [0.25, 0.3) is 6.08 Å². The van der Waals surface area contributed by atoms with Crippen LogP contribution in [0.5, 0.6) is 0 Å². The van der Waals surface area contributed by atoms with Crippen molar-refractivity contribution in [2.75, 3.05) is 16.0 Å². The van der Waals surface area contributed by atoms with Crippen LogP contribution in [0, 0.1) is 20.8 Å². The topological polar surface area (TPSA) is 61.8 Å². The number of amidine groups is 1. The molecule has 1 aliphatic rings. The molecule has 3 aromatic carbocycles. The van der Waals surface area contributed by atoms with Gasteiger partial charge in [0.05, 0.1) is 11.4 Å². The van der Waals surface area contributed by atoms with Crippen molar-refractivity contribution in [1.82, 2.24) is 0 Å². The molecule has 6 heteroatoms. The Morgan fingerprint density at radius 1 is 1.00 bits per heavy atom. The molecule has 0 aromatic heterocycles. The summed E-state index contributed by atoms with van der Waals surface area (Å²) in [5, 5.41) is 3.47. The molecule has 36 heavy (non-hydrogen) atoms. The highest BCUT2D eigenvalue weighted by molar-refractivity contribution is 8.14. The summed E-state index contributed by atoms with van der Waals surface area (Å²) in [6, 6.07) is 21.7. The van der Waals surface area contributed by atoms with Crippen LogP contribution < -0.4 is 10.2 Å². The van der Waals surface area contributed by atoms with Gasteiger partial charge in [-0.15, -0.1) is 0 Å². The summed E-state index contributed by atoms with van der Waals surface area (Å²) in [6.07, 6.45) is 1.80. The Morgan fingerprint density at radius 2 is 1.69 bits per heavy atom. The zero-order chi connectivity index (χ0) is 25.8. The number of amides is 2. The number of aliphatic imine (C=N–C) groups is 1. The summed E-state index contributed by atoms with van der Waals surface area (Å²) in [5.74, 6) is 0.226. The number of nitrogens with one attached hydrogen (secondary N) is 1. The average Bonchev–Trinajstić information content (AvgIpc) is 3.16. The first-order chi connectivity index (χ1) is 17.2. The van der Waals surface area contributed by atoms with E-state index < -0.39 is 0 Å². The molecule has 1 N–H and O–H groups in total. The first-order valence-electron chi connectivity index (χ1n) is 12.0. The third-order valence-electron chi connectivity index (χ3n) is 6.24. The zero-order valence-electron chi connectivity index (χ0n) is 21.3. The highest BCUT2D eigenvalue weighted by Crippen LogP contribution is 2.30. The summed E-state index contributed by atoms with van der Waals surface area (Å²) in [5.41, 5.74) is 7.29. The molecule has 3 aromatic rings. The van der Waals surface area contributed by atoms with Gasteiger partial charge in [-0.05, 0) is 73.2 Å². The zero-order valence-corrected chi connectivity index (χ0v) is 22.1. The molecule has 0 aliphatic carbocycles. The van der Waals surface area contributed by atoms with E-state index in [1.54, 1.807) is 11.0 Å². The number of benzene rings is 3. The van der Waals surface area contributed by atoms with Crippen molar-refractivity contribution >= 4 is 46.2 Å². The number of carbonyl (C=O) groups excluding carboxylic acids is 2. The van der Waals surface area contributed by atoms with Gasteiger partial charge in [-0.3, -0.25) is 14.5 Å². The highest BCUT2D eigenvalue weighted by atomic mass is 32.2. The Kier molecular flexibility index (Phi) is 7.75. The Bertz CT molecular complexity index is 1340. The Balaban J connectivity index is 1.57. The average molecular weight is 498 g/mol. The van der Waals surface area contributed by atoms with Crippen molar-refractivity contribution < 1.29 is 9.59 Å². The minimum Gasteiger partial charge on any atom is -0.325 e. The predicted octanol–water partition coefficient (Wildman–Crippen LogP) is 6.85. The van der Waals surface area contributed by atoms with Crippen molar-refractivity contribution in [1.29, 1.82) is 0 Å². The molecule has 184 valence electrons. The molecule has 0 radical (unpaired) electrons. The quantitative estimate of drug-likeness (QED) is 0.379. The summed E-state index contributed by atoms with van der Waals surface area (Å²) < 4.78 is 0. The molecular weight excluding hydrogens is 466 g/mol. The van der Waals surface area contributed by atoms with Crippen LogP contribution in [0.15, 0.2) is 77.4 Å². The van der Waals surface area contributed by atoms with E-state index in [9.17, 15) is 9.59 Å². The number of aryl methyl sites for hydroxylation is 2. The number of anilines is 2. The molecule has 4 rings (SSSR count). The molecule has 0 saturated heterocycles. The van der Waals surface area contributed by atoms with Crippen LogP contribution in [-0.4, -0.2) is 22.7 Å². The third kappa shape index (κ3) is 5.77. The van der Waals surface area contributed by atoms with Gasteiger partial charge in [0.2, 0.25) is 5.91 Å². The molecule has 2 amide bonds. The number of rotatable bonds is 6. The molecule has 0 fully saturated rings. The fraction of sp³-hybridized carbons (Fsp3) is 0.233. The lowest BCUT2D eigenvalue weighted by atomic mass is 10.0. The van der Waals surface area contributed by atoms with E-state index in [0.29, 0.717) is 16.8 Å². The highest BCUT2D eigenvalue weighted by Gasteiger charge is 2.32. The summed E-state index contributed by atoms with van der Waals surface area (Å²) in [6.45, 7) is 10.3. The van der Waals surface area contributed by atoms with Crippen LogP contribution in [-0.2, 0) is 9.59 Å². The number of hydrogen-bond acceptors (Lipinski definition) is 4. The van der Waals surface area contributed by atoms with E-state index in [-0.39, 0.29) is 17.6 Å². The molecule has 1 aliphatic heterocycles. The number of nitrogens with zero attached hydrogens (tertiary/aromatic N) is 2. The predicted molar refractivity (Wildman–Crippen MR) is 152 cm³/mol. The molecule has 0 atom stereocenters. The SMILES string of the molecule is Cc1ccc(N2C(=O)C(=Cc3ccc(C(C)C)cc3)N=C2SCC(=O)Nc2cccc(C)c2C)cc1. The normalized spacial score (nSPS) is 14.5. The first kappa shape index (κ1) is 25.5. The first-order valence-corrected chi connectivity index (χ1v) is 13.0. The largest absolute Gasteiger partial charge is 0.325 e. The minimum atomic E-state index is -0.204. The third-order valence-corrected chi connectivity index (χ3v) is 7.18. The number of thioether (sulfide) groups is 1. The lowest BCUT2D eigenvalue weighted by molar-refractivity contribution is -0.114. The van der Waals surface area contributed by atoms with E-state index in [2.05, 4.69) is 36.3 Å². The van der Waals surface area contributed by atoms with Crippen molar-refractivity contribution in [3.8, 4) is 0 Å². The number of hydrogen-bond donors (Lipinski definition) is 1. The Labute approximate surface area is 217 Å². The van der Waals surface area contributed by atoms with E-state index >= 15 is 0 Å². The van der Waals surface area contributed by atoms with E-state index in [1.165, 1.54) is 17.3 Å². The maximum absolute atomic E-state index is 13.4.